The zero-order valence-electron chi connectivity index (χ0n) is 11.5. The molecule has 1 aliphatic heterocycles. The maximum Gasteiger partial charge on any atom is 0.251 e. The number of benzene rings is 1. The first-order valence-corrected chi connectivity index (χ1v) is 8.63. The van der Waals surface area contributed by atoms with Crippen LogP contribution >= 0.6 is 11.6 Å². The number of hydrogen-bond donors (Lipinski definition) is 1. The van der Waals surface area contributed by atoms with Crippen LogP contribution in [-0.2, 0) is 10.0 Å². The molecule has 0 radical (unpaired) electrons. The Morgan fingerprint density at radius 2 is 2.19 bits per heavy atom. The number of nitrogens with one attached hydrogen (secondary N) is 1. The second-order valence-electron chi connectivity index (χ2n) is 4.76. The molecule has 1 aromatic rings. The average Bonchev–Trinajstić information content (AvgIpc) is 2.45. The van der Waals surface area contributed by atoms with Crippen molar-refractivity contribution in [1.29, 1.82) is 0 Å². The minimum absolute atomic E-state index is 0.107. The van der Waals surface area contributed by atoms with E-state index >= 15 is 0 Å². The smallest absolute Gasteiger partial charge is 0.251 e. The lowest BCUT2D eigenvalue weighted by molar-refractivity contribution is 0.0958. The van der Waals surface area contributed by atoms with Crippen LogP contribution in [0.5, 0.6) is 0 Å². The number of hydrogen-bond acceptors (Lipinski definition) is 3. The molecule has 114 valence electrons. The number of halogens is 1. The van der Waals surface area contributed by atoms with E-state index in [9.17, 15) is 13.2 Å². The SMILES string of the molecule is C=CCNC(=O)c1ccc(Cl)c(N2CCCCS2(=O)=O)c1. The molecule has 0 saturated carbocycles. The first kappa shape index (κ1) is 15.9. The normalized spacial score (nSPS) is 17.3. The molecule has 0 atom stereocenters. The molecule has 0 aliphatic carbocycles. The van der Waals surface area contributed by atoms with Crippen LogP contribution in [0.4, 0.5) is 5.69 Å². The average molecular weight is 329 g/mol. The monoisotopic (exact) mass is 328 g/mol. The van der Waals surface area contributed by atoms with Crippen LogP contribution < -0.4 is 9.62 Å². The lowest BCUT2D eigenvalue weighted by Gasteiger charge is -2.29. The van der Waals surface area contributed by atoms with E-state index in [4.69, 9.17) is 11.6 Å². The molecule has 1 amide bonds. The van der Waals surface area contributed by atoms with E-state index in [1.807, 2.05) is 0 Å². The van der Waals surface area contributed by atoms with Crippen LogP contribution in [0, 0.1) is 0 Å². The molecule has 0 spiro atoms. The highest BCUT2D eigenvalue weighted by Crippen LogP contribution is 2.31. The first-order chi connectivity index (χ1) is 9.95. The van der Waals surface area contributed by atoms with E-state index < -0.39 is 10.0 Å². The molecular weight excluding hydrogens is 312 g/mol. The molecule has 1 N–H and O–H groups in total. The maximum atomic E-state index is 12.1. The summed E-state index contributed by atoms with van der Waals surface area (Å²) in [6.07, 6.45) is 3.00. The summed E-state index contributed by atoms with van der Waals surface area (Å²) in [5.41, 5.74) is 0.736. The Hall–Kier alpha value is -1.53. The van der Waals surface area contributed by atoms with Crippen molar-refractivity contribution in [3.8, 4) is 0 Å². The molecule has 21 heavy (non-hydrogen) atoms. The lowest BCUT2D eigenvalue weighted by Crippen LogP contribution is -2.38. The molecule has 1 aliphatic rings. The van der Waals surface area contributed by atoms with E-state index in [2.05, 4.69) is 11.9 Å². The molecular formula is C14H17ClN2O3S. The summed E-state index contributed by atoms with van der Waals surface area (Å²) in [6.45, 7) is 4.26. The summed E-state index contributed by atoms with van der Waals surface area (Å²) < 4.78 is 25.6. The number of nitrogens with zero attached hydrogens (tertiary/aromatic N) is 1. The highest BCUT2D eigenvalue weighted by Gasteiger charge is 2.28. The largest absolute Gasteiger partial charge is 0.349 e. The van der Waals surface area contributed by atoms with E-state index in [0.717, 1.165) is 6.42 Å². The molecule has 5 nitrogen and oxygen atoms in total. The lowest BCUT2D eigenvalue weighted by atomic mass is 10.2. The number of sulfonamides is 1. The van der Waals surface area contributed by atoms with Gasteiger partial charge < -0.3 is 5.32 Å². The number of anilines is 1. The highest BCUT2D eigenvalue weighted by atomic mass is 35.5. The Morgan fingerprint density at radius 3 is 2.86 bits per heavy atom. The zero-order valence-corrected chi connectivity index (χ0v) is 13.1. The first-order valence-electron chi connectivity index (χ1n) is 6.65. The fraction of sp³-hybridized carbons (Fsp3) is 0.357. The molecule has 1 heterocycles. The van der Waals surface area contributed by atoms with Crippen LogP contribution in [0.25, 0.3) is 0 Å². The van der Waals surface area contributed by atoms with Gasteiger partial charge in [0.05, 0.1) is 16.5 Å². The summed E-state index contributed by atoms with van der Waals surface area (Å²) in [5.74, 6) is -0.182. The molecule has 1 saturated heterocycles. The summed E-state index contributed by atoms with van der Waals surface area (Å²) in [7, 11) is -3.36. The minimum Gasteiger partial charge on any atom is -0.349 e. The third kappa shape index (κ3) is 3.57. The Morgan fingerprint density at radius 1 is 1.43 bits per heavy atom. The van der Waals surface area contributed by atoms with Gasteiger partial charge in [-0.15, -0.1) is 6.58 Å². The summed E-state index contributed by atoms with van der Waals surface area (Å²) in [6, 6.07) is 4.63. The topological polar surface area (TPSA) is 66.5 Å². The number of carbonyl (C=O) groups is 1. The van der Waals surface area contributed by atoms with Crippen molar-refractivity contribution in [1.82, 2.24) is 5.32 Å². The second-order valence-corrected chi connectivity index (χ2v) is 7.18. The van der Waals surface area contributed by atoms with E-state index in [1.165, 1.54) is 10.4 Å². The van der Waals surface area contributed by atoms with E-state index in [-0.39, 0.29) is 11.7 Å². The second kappa shape index (κ2) is 6.49. The highest BCUT2D eigenvalue weighted by molar-refractivity contribution is 7.92. The quantitative estimate of drug-likeness (QED) is 0.861. The van der Waals surface area contributed by atoms with Crippen LogP contribution in [0.15, 0.2) is 30.9 Å². The van der Waals surface area contributed by atoms with Gasteiger partial charge in [0.25, 0.3) is 5.91 Å². The van der Waals surface area contributed by atoms with Crippen molar-refractivity contribution in [2.24, 2.45) is 0 Å². The molecule has 0 unspecified atom stereocenters. The summed E-state index contributed by atoms with van der Waals surface area (Å²) in [4.78, 5) is 11.9. The minimum atomic E-state index is -3.36. The molecule has 0 bridgehead atoms. The third-order valence-corrected chi connectivity index (χ3v) is 5.41. The molecule has 2 rings (SSSR count). The van der Waals surface area contributed by atoms with Crippen molar-refractivity contribution < 1.29 is 13.2 Å². The van der Waals surface area contributed by atoms with Gasteiger partial charge in [0.1, 0.15) is 0 Å². The van der Waals surface area contributed by atoms with Crippen molar-refractivity contribution in [2.75, 3.05) is 23.1 Å². The van der Waals surface area contributed by atoms with Gasteiger partial charge in [0, 0.05) is 18.7 Å². The molecule has 0 aromatic heterocycles. The van der Waals surface area contributed by atoms with Crippen molar-refractivity contribution in [3.05, 3.63) is 41.4 Å². The maximum absolute atomic E-state index is 12.1. The van der Waals surface area contributed by atoms with Crippen LogP contribution in [0.1, 0.15) is 23.2 Å². The zero-order chi connectivity index (χ0) is 15.5. The molecule has 7 heteroatoms. The standard InChI is InChI=1S/C14H17ClN2O3S/c1-2-7-16-14(18)11-5-6-12(15)13(10-11)17-8-3-4-9-21(17,19)20/h2,5-6,10H,1,3-4,7-9H2,(H,16,18). The van der Waals surface area contributed by atoms with Crippen LogP contribution in [0.3, 0.4) is 0 Å². The van der Waals surface area contributed by atoms with Gasteiger partial charge in [-0.25, -0.2) is 8.42 Å². The Kier molecular flexibility index (Phi) is 4.90. The Bertz CT molecular complexity index is 658. The fourth-order valence-electron chi connectivity index (χ4n) is 2.17. The number of rotatable bonds is 4. The summed E-state index contributed by atoms with van der Waals surface area (Å²) >= 11 is 6.11. The predicted molar refractivity (Wildman–Crippen MR) is 84.3 cm³/mol. The Balaban J connectivity index is 2.35. The van der Waals surface area contributed by atoms with Crippen molar-refractivity contribution in [3.63, 3.8) is 0 Å². The van der Waals surface area contributed by atoms with Gasteiger partial charge in [0.15, 0.2) is 0 Å². The predicted octanol–water partition coefficient (Wildman–Crippen LogP) is 2.19. The molecule has 1 fully saturated rings. The summed E-state index contributed by atoms with van der Waals surface area (Å²) in [5, 5.41) is 2.97. The number of amides is 1. The third-order valence-electron chi connectivity index (χ3n) is 3.23. The Labute approximate surface area is 129 Å². The molecule has 1 aromatic carbocycles. The fourth-order valence-corrected chi connectivity index (χ4v) is 4.09. The van der Waals surface area contributed by atoms with E-state index in [0.29, 0.717) is 35.8 Å². The van der Waals surface area contributed by atoms with Crippen LogP contribution in [-0.4, -0.2) is 33.2 Å². The van der Waals surface area contributed by atoms with Gasteiger partial charge in [0.2, 0.25) is 10.0 Å². The van der Waals surface area contributed by atoms with Crippen molar-refractivity contribution in [2.45, 2.75) is 12.8 Å². The van der Waals surface area contributed by atoms with Gasteiger partial charge in [-0.05, 0) is 31.0 Å². The van der Waals surface area contributed by atoms with Crippen molar-refractivity contribution >= 4 is 33.2 Å². The van der Waals surface area contributed by atoms with Gasteiger partial charge in [-0.2, -0.15) is 0 Å². The van der Waals surface area contributed by atoms with E-state index in [1.54, 1.807) is 18.2 Å². The number of carbonyl (C=O) groups excluding carboxylic acids is 1. The van der Waals surface area contributed by atoms with Gasteiger partial charge >= 0.3 is 0 Å². The van der Waals surface area contributed by atoms with Gasteiger partial charge in [-0.3, -0.25) is 9.10 Å². The van der Waals surface area contributed by atoms with Gasteiger partial charge in [-0.1, -0.05) is 17.7 Å². The van der Waals surface area contributed by atoms with Crippen LogP contribution in [0.2, 0.25) is 5.02 Å².